The van der Waals surface area contributed by atoms with E-state index in [0.717, 1.165) is 16.7 Å². The van der Waals surface area contributed by atoms with Crippen LogP contribution in [0.25, 0.3) is 11.1 Å². The van der Waals surface area contributed by atoms with Crippen molar-refractivity contribution in [2.75, 3.05) is 0 Å². The molecule has 0 fully saturated rings. The largest absolute Gasteiger partial charge is 0.489 e. The van der Waals surface area contributed by atoms with Gasteiger partial charge in [0.15, 0.2) is 11.9 Å². The second-order valence-electron chi connectivity index (χ2n) is 6.78. The van der Waals surface area contributed by atoms with Crippen molar-refractivity contribution < 1.29 is 14.3 Å². The van der Waals surface area contributed by atoms with E-state index in [1.54, 1.807) is 36.4 Å². The highest BCUT2D eigenvalue weighted by atomic mass is 16.5. The minimum atomic E-state index is -0.524. The summed E-state index contributed by atoms with van der Waals surface area (Å²) in [6.07, 6.45) is 0. The Labute approximate surface area is 184 Å². The predicted octanol–water partition coefficient (Wildman–Crippen LogP) is 1.76. The summed E-state index contributed by atoms with van der Waals surface area (Å²) in [7, 11) is 0. The summed E-state index contributed by atoms with van der Waals surface area (Å²) in [6.45, 7) is 0.232. The summed E-state index contributed by atoms with van der Waals surface area (Å²) >= 11 is 0. The first-order valence-corrected chi connectivity index (χ1v) is 9.52. The molecule has 0 heterocycles. The lowest BCUT2D eigenvalue weighted by molar-refractivity contribution is 0.0994. The quantitative estimate of drug-likeness (QED) is 0.340. The van der Waals surface area contributed by atoms with Gasteiger partial charge in [-0.15, -0.1) is 0 Å². The molecule has 32 heavy (non-hydrogen) atoms. The first kappa shape index (κ1) is 22.0. The van der Waals surface area contributed by atoms with Gasteiger partial charge in [0.1, 0.15) is 12.4 Å². The minimum Gasteiger partial charge on any atom is -0.489 e. The van der Waals surface area contributed by atoms with Gasteiger partial charge in [0.05, 0.1) is 0 Å². The maximum Gasteiger partial charge on any atom is 0.280 e. The van der Waals surface area contributed by atoms with E-state index in [4.69, 9.17) is 27.7 Å². The van der Waals surface area contributed by atoms with Crippen LogP contribution < -0.4 is 27.7 Å². The summed E-state index contributed by atoms with van der Waals surface area (Å²) in [5.41, 5.74) is 24.2. The standard InChI is InChI=1S/C23H22N6O3/c24-22(25)28-20(30)17-7-1-4-14(10-17)13-32-19-9-3-6-16(12-19)15-5-2-8-18(11-15)21(31)29-23(26)27/h1-12H,13H2,(H4,24,25,28,30)(H4,26,27,29,31). The lowest BCUT2D eigenvalue weighted by atomic mass is 10.0. The molecule has 9 nitrogen and oxygen atoms in total. The van der Waals surface area contributed by atoms with Gasteiger partial charge in [-0.3, -0.25) is 9.59 Å². The van der Waals surface area contributed by atoms with Crippen molar-refractivity contribution >= 4 is 23.7 Å². The molecule has 3 aromatic carbocycles. The third-order valence-electron chi connectivity index (χ3n) is 4.32. The number of hydrogen-bond acceptors (Lipinski definition) is 3. The molecule has 0 bridgehead atoms. The van der Waals surface area contributed by atoms with Gasteiger partial charge in [0, 0.05) is 11.1 Å². The Balaban J connectivity index is 1.76. The van der Waals surface area contributed by atoms with Crippen molar-refractivity contribution in [3.63, 3.8) is 0 Å². The second-order valence-corrected chi connectivity index (χ2v) is 6.78. The van der Waals surface area contributed by atoms with Crippen molar-refractivity contribution in [2.24, 2.45) is 32.9 Å². The Kier molecular flexibility index (Phi) is 6.81. The zero-order chi connectivity index (χ0) is 23.1. The number of hydrogen-bond donors (Lipinski definition) is 4. The topological polar surface area (TPSA) is 172 Å². The van der Waals surface area contributed by atoms with Gasteiger partial charge in [-0.1, -0.05) is 36.4 Å². The molecule has 0 radical (unpaired) electrons. The van der Waals surface area contributed by atoms with Crippen LogP contribution in [0.3, 0.4) is 0 Å². The Morgan fingerprint density at radius 2 is 1.22 bits per heavy atom. The summed E-state index contributed by atoms with van der Waals surface area (Å²) in [6, 6.07) is 21.2. The summed E-state index contributed by atoms with van der Waals surface area (Å²) in [4.78, 5) is 31.2. The number of amides is 2. The lowest BCUT2D eigenvalue weighted by Gasteiger charge is -2.10. The Bertz CT molecular complexity index is 1210. The first-order valence-electron chi connectivity index (χ1n) is 9.52. The minimum absolute atomic E-state index is 0.232. The monoisotopic (exact) mass is 430 g/mol. The zero-order valence-electron chi connectivity index (χ0n) is 17.1. The number of carbonyl (C=O) groups excluding carboxylic acids is 2. The van der Waals surface area contributed by atoms with Crippen molar-refractivity contribution in [3.8, 4) is 16.9 Å². The molecular formula is C23H22N6O3. The summed E-state index contributed by atoms with van der Waals surface area (Å²) in [5, 5.41) is 0. The van der Waals surface area contributed by atoms with Crippen molar-refractivity contribution in [1.29, 1.82) is 0 Å². The normalized spacial score (nSPS) is 10.1. The smallest absolute Gasteiger partial charge is 0.280 e. The van der Waals surface area contributed by atoms with Crippen LogP contribution in [0.2, 0.25) is 0 Å². The fourth-order valence-corrected chi connectivity index (χ4v) is 2.92. The fourth-order valence-electron chi connectivity index (χ4n) is 2.92. The van der Waals surface area contributed by atoms with Crippen molar-refractivity contribution in [3.05, 3.63) is 89.5 Å². The molecule has 0 aromatic heterocycles. The van der Waals surface area contributed by atoms with E-state index in [9.17, 15) is 9.59 Å². The van der Waals surface area contributed by atoms with Gasteiger partial charge in [0.2, 0.25) is 0 Å². The third-order valence-corrected chi connectivity index (χ3v) is 4.32. The van der Waals surface area contributed by atoms with Crippen LogP contribution in [0.5, 0.6) is 5.75 Å². The predicted molar refractivity (Wildman–Crippen MR) is 123 cm³/mol. The van der Waals surface area contributed by atoms with Gasteiger partial charge < -0.3 is 27.7 Å². The molecule has 9 heteroatoms. The van der Waals surface area contributed by atoms with Crippen molar-refractivity contribution in [1.82, 2.24) is 0 Å². The molecule has 0 spiro atoms. The van der Waals surface area contributed by atoms with E-state index in [1.807, 2.05) is 36.4 Å². The number of aliphatic imine (C=N–C) groups is 2. The zero-order valence-corrected chi connectivity index (χ0v) is 17.1. The molecule has 162 valence electrons. The van der Waals surface area contributed by atoms with E-state index >= 15 is 0 Å². The molecular weight excluding hydrogens is 408 g/mol. The molecule has 0 aliphatic carbocycles. The molecule has 2 amide bonds. The van der Waals surface area contributed by atoms with E-state index in [0.29, 0.717) is 16.9 Å². The maximum absolute atomic E-state index is 12.1. The SMILES string of the molecule is NC(N)=NC(=O)c1cccc(COc2cccc(-c3cccc(C(=O)N=C(N)N)c3)c2)c1. The molecule has 0 atom stereocenters. The summed E-state index contributed by atoms with van der Waals surface area (Å²) < 4.78 is 5.88. The van der Waals surface area contributed by atoms with Crippen LogP contribution in [0.4, 0.5) is 0 Å². The molecule has 0 unspecified atom stereocenters. The van der Waals surface area contributed by atoms with Crippen LogP contribution in [0, 0.1) is 0 Å². The first-order chi connectivity index (χ1) is 15.3. The fraction of sp³-hybridized carbons (Fsp3) is 0.0435. The van der Waals surface area contributed by atoms with Crippen LogP contribution in [-0.4, -0.2) is 23.7 Å². The number of guanidine groups is 2. The van der Waals surface area contributed by atoms with Crippen LogP contribution >= 0.6 is 0 Å². The Morgan fingerprint density at radius 3 is 1.84 bits per heavy atom. The molecule has 0 saturated heterocycles. The molecule has 0 saturated carbocycles. The molecule has 3 aromatic rings. The molecule has 3 rings (SSSR count). The van der Waals surface area contributed by atoms with E-state index in [2.05, 4.69) is 9.98 Å². The Morgan fingerprint density at radius 1 is 0.688 bits per heavy atom. The van der Waals surface area contributed by atoms with Crippen LogP contribution in [-0.2, 0) is 6.61 Å². The van der Waals surface area contributed by atoms with E-state index < -0.39 is 11.8 Å². The average Bonchev–Trinajstić information content (AvgIpc) is 2.77. The molecule has 8 N–H and O–H groups in total. The van der Waals surface area contributed by atoms with Gasteiger partial charge in [0.25, 0.3) is 11.8 Å². The average molecular weight is 430 g/mol. The number of ether oxygens (including phenoxy) is 1. The Hall–Kier alpha value is -4.66. The van der Waals surface area contributed by atoms with Gasteiger partial charge in [-0.25, -0.2) is 0 Å². The van der Waals surface area contributed by atoms with E-state index in [1.165, 1.54) is 0 Å². The van der Waals surface area contributed by atoms with E-state index in [-0.39, 0.29) is 18.5 Å². The number of carbonyl (C=O) groups is 2. The number of benzene rings is 3. The molecule has 0 aliphatic rings. The maximum atomic E-state index is 12.1. The highest BCUT2D eigenvalue weighted by Gasteiger charge is 2.09. The summed E-state index contributed by atoms with van der Waals surface area (Å²) in [5.74, 6) is -1.01. The van der Waals surface area contributed by atoms with Gasteiger partial charge >= 0.3 is 0 Å². The van der Waals surface area contributed by atoms with Crippen LogP contribution in [0.1, 0.15) is 26.3 Å². The van der Waals surface area contributed by atoms with Crippen molar-refractivity contribution in [2.45, 2.75) is 6.61 Å². The number of nitrogens with two attached hydrogens (primary N) is 4. The number of nitrogens with zero attached hydrogens (tertiary/aromatic N) is 2. The highest BCUT2D eigenvalue weighted by Crippen LogP contribution is 2.25. The highest BCUT2D eigenvalue weighted by molar-refractivity contribution is 6.03. The second kappa shape index (κ2) is 9.90. The molecule has 0 aliphatic heterocycles. The van der Waals surface area contributed by atoms with Crippen LogP contribution in [0.15, 0.2) is 82.8 Å². The lowest BCUT2D eigenvalue weighted by Crippen LogP contribution is -2.24. The third kappa shape index (κ3) is 5.92. The number of rotatable bonds is 6. The van der Waals surface area contributed by atoms with Gasteiger partial charge in [-0.2, -0.15) is 9.98 Å². The van der Waals surface area contributed by atoms with Gasteiger partial charge in [-0.05, 0) is 53.1 Å².